The van der Waals surface area contributed by atoms with Crippen LogP contribution < -0.4 is 10.5 Å². The van der Waals surface area contributed by atoms with E-state index >= 15 is 0 Å². The topological polar surface area (TPSA) is 85.3 Å². The zero-order chi connectivity index (χ0) is 11.8. The molecule has 0 fully saturated rings. The van der Waals surface area contributed by atoms with Gasteiger partial charge in [0.25, 0.3) is 10.0 Å². The molecule has 5 nitrogen and oxygen atoms in total. The van der Waals surface area contributed by atoms with Gasteiger partial charge in [-0.25, -0.2) is 13.6 Å². The Morgan fingerprint density at radius 1 is 1.50 bits per heavy atom. The third kappa shape index (κ3) is 2.27. The molecule has 0 aliphatic carbocycles. The molecular formula is C9H12N2O3S2. The number of hydrogen-bond acceptors (Lipinski definition) is 5. The first kappa shape index (κ1) is 11.6. The Morgan fingerprint density at radius 3 is 2.81 bits per heavy atom. The average Bonchev–Trinajstić information content (AvgIpc) is 2.69. The van der Waals surface area contributed by atoms with Crippen molar-refractivity contribution in [1.82, 2.24) is 5.32 Å². The highest BCUT2D eigenvalue weighted by Crippen LogP contribution is 2.30. The highest BCUT2D eigenvalue weighted by molar-refractivity contribution is 7.89. The molecule has 0 aliphatic heterocycles. The summed E-state index contributed by atoms with van der Waals surface area (Å²) in [4.78, 5) is 1.76. The summed E-state index contributed by atoms with van der Waals surface area (Å²) in [5.74, 6) is 0. The number of thiophene rings is 1. The summed E-state index contributed by atoms with van der Waals surface area (Å²) in [6.45, 7) is 0.880. The van der Waals surface area contributed by atoms with E-state index in [-0.39, 0.29) is 5.09 Å². The minimum atomic E-state index is -3.74. The van der Waals surface area contributed by atoms with Gasteiger partial charge in [-0.3, -0.25) is 0 Å². The molecule has 0 radical (unpaired) electrons. The Labute approximate surface area is 97.3 Å². The second-order valence-electron chi connectivity index (χ2n) is 3.42. The van der Waals surface area contributed by atoms with Gasteiger partial charge in [0.05, 0.1) is 0 Å². The molecule has 0 amide bonds. The third-order valence-corrected chi connectivity index (χ3v) is 4.00. The van der Waals surface area contributed by atoms with E-state index in [0.717, 1.165) is 23.2 Å². The van der Waals surface area contributed by atoms with E-state index in [4.69, 9.17) is 9.56 Å². The lowest BCUT2D eigenvalue weighted by molar-refractivity contribution is 0.486. The summed E-state index contributed by atoms with van der Waals surface area (Å²) in [6, 6.07) is 3.39. The van der Waals surface area contributed by atoms with Gasteiger partial charge in [0.1, 0.15) is 0 Å². The normalized spacial score (nSPS) is 12.4. The fraction of sp³-hybridized carbons (Fsp3) is 0.333. The van der Waals surface area contributed by atoms with Crippen LogP contribution in [-0.2, 0) is 16.4 Å². The lowest BCUT2D eigenvalue weighted by Crippen LogP contribution is -2.10. The second-order valence-corrected chi connectivity index (χ2v) is 6.01. The zero-order valence-corrected chi connectivity index (χ0v) is 10.3. The van der Waals surface area contributed by atoms with E-state index in [2.05, 4.69) is 5.32 Å². The molecule has 7 heteroatoms. The molecule has 88 valence electrons. The van der Waals surface area contributed by atoms with Crippen LogP contribution in [0.15, 0.2) is 21.6 Å². The van der Waals surface area contributed by atoms with Crippen LogP contribution in [0, 0.1) is 0 Å². The van der Waals surface area contributed by atoms with Crippen molar-refractivity contribution in [2.45, 2.75) is 11.5 Å². The van der Waals surface area contributed by atoms with Crippen molar-refractivity contribution < 1.29 is 12.8 Å². The minimum absolute atomic E-state index is 0.172. The first-order valence-electron chi connectivity index (χ1n) is 4.70. The molecular weight excluding hydrogens is 248 g/mol. The summed E-state index contributed by atoms with van der Waals surface area (Å²) in [5, 5.41) is 8.64. The molecule has 0 saturated heterocycles. The fourth-order valence-corrected chi connectivity index (χ4v) is 2.92. The van der Waals surface area contributed by atoms with Gasteiger partial charge >= 0.3 is 0 Å². The van der Waals surface area contributed by atoms with Crippen molar-refractivity contribution in [1.29, 1.82) is 0 Å². The highest BCUT2D eigenvalue weighted by atomic mass is 32.2. The van der Waals surface area contributed by atoms with E-state index in [0.29, 0.717) is 4.90 Å². The van der Waals surface area contributed by atoms with Gasteiger partial charge in [0.15, 0.2) is 4.90 Å². The van der Waals surface area contributed by atoms with Gasteiger partial charge in [0.2, 0.25) is 5.09 Å². The molecule has 2 aromatic rings. The number of fused-ring (bicyclic) bond motifs is 1. The minimum Gasteiger partial charge on any atom is -0.433 e. The first-order chi connectivity index (χ1) is 7.50. The Balaban J connectivity index is 2.33. The predicted molar refractivity (Wildman–Crippen MR) is 63.1 cm³/mol. The quantitative estimate of drug-likeness (QED) is 0.855. The third-order valence-electron chi connectivity index (χ3n) is 2.14. The molecule has 2 heterocycles. The average molecular weight is 260 g/mol. The summed E-state index contributed by atoms with van der Waals surface area (Å²) in [7, 11) is -1.85. The molecule has 0 atom stereocenters. The Kier molecular flexibility index (Phi) is 3.02. The molecule has 0 spiro atoms. The van der Waals surface area contributed by atoms with Crippen molar-refractivity contribution in [3.05, 3.63) is 17.0 Å². The van der Waals surface area contributed by atoms with E-state index in [9.17, 15) is 8.42 Å². The van der Waals surface area contributed by atoms with Gasteiger partial charge in [-0.15, -0.1) is 11.3 Å². The molecule has 0 aromatic carbocycles. The standard InChI is InChI=1S/C9H12N2O3S2/c1-11-3-2-7-4-6-5-8(16(10,12)13)14-9(6)15-7/h4-5,11H,2-3H2,1H3,(H2,10,12,13). The van der Waals surface area contributed by atoms with Crippen LogP contribution in [0.4, 0.5) is 0 Å². The molecule has 2 aromatic heterocycles. The van der Waals surface area contributed by atoms with Crippen molar-refractivity contribution in [2.75, 3.05) is 13.6 Å². The molecule has 16 heavy (non-hydrogen) atoms. The molecule has 0 bridgehead atoms. The number of primary sulfonamides is 1. The van der Waals surface area contributed by atoms with Crippen LogP contribution >= 0.6 is 11.3 Å². The number of nitrogens with two attached hydrogens (primary N) is 1. The van der Waals surface area contributed by atoms with Crippen molar-refractivity contribution in [3.8, 4) is 0 Å². The Morgan fingerprint density at radius 2 is 2.25 bits per heavy atom. The first-order valence-corrected chi connectivity index (χ1v) is 7.06. The number of nitrogens with one attached hydrogen (secondary N) is 1. The maximum atomic E-state index is 11.0. The summed E-state index contributed by atoms with van der Waals surface area (Å²) in [6.07, 6.45) is 0.899. The van der Waals surface area contributed by atoms with Gasteiger partial charge < -0.3 is 9.73 Å². The van der Waals surface area contributed by atoms with Gasteiger partial charge in [-0.2, -0.15) is 0 Å². The van der Waals surface area contributed by atoms with Crippen LogP contribution in [0.1, 0.15) is 4.88 Å². The number of furan rings is 1. The lowest BCUT2D eigenvalue weighted by Gasteiger charge is -1.94. The van der Waals surface area contributed by atoms with Crippen LogP contribution in [-0.4, -0.2) is 22.0 Å². The predicted octanol–water partition coefficient (Wildman–Crippen LogP) is 0.904. The van der Waals surface area contributed by atoms with Crippen molar-refractivity contribution in [3.63, 3.8) is 0 Å². The van der Waals surface area contributed by atoms with Gasteiger partial charge in [0, 0.05) is 16.3 Å². The molecule has 2 rings (SSSR count). The number of likely N-dealkylation sites (N-methyl/N-ethyl adjacent to an activating group) is 1. The van der Waals surface area contributed by atoms with E-state index in [1.165, 1.54) is 17.4 Å². The Bertz CT molecular complexity index is 566. The molecule has 3 N–H and O–H groups in total. The lowest BCUT2D eigenvalue weighted by atomic mass is 10.3. The van der Waals surface area contributed by atoms with E-state index in [1.54, 1.807) is 0 Å². The van der Waals surface area contributed by atoms with Crippen LogP contribution in [0.5, 0.6) is 0 Å². The largest absolute Gasteiger partial charge is 0.433 e. The maximum Gasteiger partial charge on any atom is 0.271 e. The van der Waals surface area contributed by atoms with Crippen LogP contribution in [0.25, 0.3) is 10.3 Å². The van der Waals surface area contributed by atoms with E-state index < -0.39 is 10.0 Å². The molecule has 0 unspecified atom stereocenters. The van der Waals surface area contributed by atoms with Crippen molar-refractivity contribution in [2.24, 2.45) is 5.14 Å². The fourth-order valence-electron chi connectivity index (χ4n) is 1.38. The summed E-state index contributed by atoms with van der Waals surface area (Å²) in [5.41, 5.74) is 0. The van der Waals surface area contributed by atoms with Crippen molar-refractivity contribution >= 4 is 31.6 Å². The van der Waals surface area contributed by atoms with Gasteiger partial charge in [-0.05, 0) is 26.1 Å². The molecule has 0 aliphatic rings. The second kappa shape index (κ2) is 4.17. The monoisotopic (exact) mass is 260 g/mol. The maximum absolute atomic E-state index is 11.0. The number of sulfonamides is 1. The van der Waals surface area contributed by atoms with Gasteiger partial charge in [-0.1, -0.05) is 0 Å². The zero-order valence-electron chi connectivity index (χ0n) is 8.69. The Hall–Kier alpha value is -0.890. The van der Waals surface area contributed by atoms with Crippen LogP contribution in [0.3, 0.4) is 0 Å². The smallest absolute Gasteiger partial charge is 0.271 e. The number of rotatable bonds is 4. The highest BCUT2D eigenvalue weighted by Gasteiger charge is 2.16. The molecule has 0 saturated carbocycles. The van der Waals surface area contributed by atoms with E-state index in [1.807, 2.05) is 13.1 Å². The van der Waals surface area contributed by atoms with Crippen LogP contribution in [0.2, 0.25) is 0 Å². The number of hydrogen-bond donors (Lipinski definition) is 2. The summed E-state index contributed by atoms with van der Waals surface area (Å²) >= 11 is 1.45. The SMILES string of the molecule is CNCCc1cc2cc(S(N)(=O)=O)oc2s1. The summed E-state index contributed by atoms with van der Waals surface area (Å²) < 4.78 is 27.3.